The predicted octanol–water partition coefficient (Wildman–Crippen LogP) is 0.942. The molecule has 96 valence electrons. The number of carbonyl (C=O) groups excluding carboxylic acids is 1. The Bertz CT molecular complexity index is 548. The summed E-state index contributed by atoms with van der Waals surface area (Å²) in [6.45, 7) is -2.61. The van der Waals surface area contributed by atoms with E-state index < -0.39 is 12.5 Å². The standard InChI is InChI=1S/C10H11F2N5O/c1-16-6-7(5-15-16)4-13-9(18)8-2-3-14-17(8)10(11)12/h2-3,5-6,10H,4H2,1H3,(H,13,18). The number of carbonyl (C=O) groups is 1. The number of aromatic nitrogens is 4. The molecule has 0 aromatic carbocycles. The molecule has 2 rings (SSSR count). The van der Waals surface area contributed by atoms with Gasteiger partial charge in [-0.3, -0.25) is 9.48 Å². The van der Waals surface area contributed by atoms with Gasteiger partial charge < -0.3 is 5.32 Å². The molecule has 0 fully saturated rings. The molecule has 2 heterocycles. The SMILES string of the molecule is Cn1cc(CNC(=O)c2ccnn2C(F)F)cn1. The summed E-state index contributed by atoms with van der Waals surface area (Å²) in [7, 11) is 1.75. The molecular weight excluding hydrogens is 244 g/mol. The molecule has 0 saturated heterocycles. The van der Waals surface area contributed by atoms with Gasteiger partial charge in [0, 0.05) is 31.5 Å². The second-order valence-corrected chi connectivity index (χ2v) is 3.64. The second-order valence-electron chi connectivity index (χ2n) is 3.64. The summed E-state index contributed by atoms with van der Waals surface area (Å²) in [5, 5.41) is 9.84. The first-order valence-electron chi connectivity index (χ1n) is 5.15. The Morgan fingerprint density at radius 1 is 1.50 bits per heavy atom. The molecular formula is C10H11F2N5O. The summed E-state index contributed by atoms with van der Waals surface area (Å²) in [5.74, 6) is -0.600. The largest absolute Gasteiger partial charge is 0.347 e. The van der Waals surface area contributed by atoms with Gasteiger partial charge in [0.2, 0.25) is 0 Å². The van der Waals surface area contributed by atoms with Crippen molar-refractivity contribution in [2.75, 3.05) is 0 Å². The quantitative estimate of drug-likeness (QED) is 0.884. The maximum absolute atomic E-state index is 12.5. The summed E-state index contributed by atoms with van der Waals surface area (Å²) in [4.78, 5) is 11.7. The van der Waals surface area contributed by atoms with Crippen molar-refractivity contribution in [1.82, 2.24) is 24.9 Å². The fourth-order valence-corrected chi connectivity index (χ4v) is 1.49. The van der Waals surface area contributed by atoms with Gasteiger partial charge in [0.1, 0.15) is 5.69 Å². The Morgan fingerprint density at radius 2 is 2.28 bits per heavy atom. The van der Waals surface area contributed by atoms with Crippen LogP contribution in [0.15, 0.2) is 24.7 Å². The lowest BCUT2D eigenvalue weighted by molar-refractivity contribution is 0.0509. The first kappa shape index (κ1) is 12.2. The Kier molecular flexibility index (Phi) is 3.35. The van der Waals surface area contributed by atoms with E-state index in [9.17, 15) is 13.6 Å². The second kappa shape index (κ2) is 4.94. The monoisotopic (exact) mass is 255 g/mol. The van der Waals surface area contributed by atoms with Gasteiger partial charge in [0.15, 0.2) is 0 Å². The highest BCUT2D eigenvalue weighted by Crippen LogP contribution is 2.11. The van der Waals surface area contributed by atoms with Crippen molar-refractivity contribution >= 4 is 5.91 Å². The van der Waals surface area contributed by atoms with E-state index in [1.165, 1.54) is 6.07 Å². The molecule has 0 bridgehead atoms. The zero-order valence-corrected chi connectivity index (χ0v) is 9.55. The molecule has 0 aliphatic heterocycles. The molecule has 0 unspecified atom stereocenters. The number of amides is 1. The van der Waals surface area contributed by atoms with Crippen molar-refractivity contribution < 1.29 is 13.6 Å². The van der Waals surface area contributed by atoms with E-state index in [1.807, 2.05) is 0 Å². The number of hydrogen-bond donors (Lipinski definition) is 1. The first-order chi connectivity index (χ1) is 8.58. The van der Waals surface area contributed by atoms with Crippen LogP contribution in [0.2, 0.25) is 0 Å². The van der Waals surface area contributed by atoms with Crippen LogP contribution >= 0.6 is 0 Å². The number of hydrogen-bond acceptors (Lipinski definition) is 3. The summed E-state index contributed by atoms with van der Waals surface area (Å²) >= 11 is 0. The third-order valence-electron chi connectivity index (χ3n) is 2.30. The summed E-state index contributed by atoms with van der Waals surface area (Å²) in [6, 6.07) is 1.24. The van der Waals surface area contributed by atoms with Crippen LogP contribution in [0.4, 0.5) is 8.78 Å². The molecule has 8 heteroatoms. The van der Waals surface area contributed by atoms with Gasteiger partial charge in [-0.05, 0) is 6.07 Å². The van der Waals surface area contributed by atoms with E-state index in [-0.39, 0.29) is 12.2 Å². The van der Waals surface area contributed by atoms with Crippen LogP contribution in [0, 0.1) is 0 Å². The molecule has 0 aliphatic carbocycles. The molecule has 6 nitrogen and oxygen atoms in total. The molecule has 0 saturated carbocycles. The number of aryl methyl sites for hydroxylation is 1. The van der Waals surface area contributed by atoms with Crippen molar-refractivity contribution in [3.63, 3.8) is 0 Å². The lowest BCUT2D eigenvalue weighted by atomic mass is 10.3. The topological polar surface area (TPSA) is 64.7 Å². The average molecular weight is 255 g/mol. The van der Waals surface area contributed by atoms with Crippen molar-refractivity contribution in [3.8, 4) is 0 Å². The fourth-order valence-electron chi connectivity index (χ4n) is 1.49. The van der Waals surface area contributed by atoms with Crippen LogP contribution in [-0.4, -0.2) is 25.5 Å². The van der Waals surface area contributed by atoms with E-state index in [1.54, 1.807) is 24.1 Å². The highest BCUT2D eigenvalue weighted by Gasteiger charge is 2.17. The minimum Gasteiger partial charge on any atom is -0.347 e. The number of halogens is 2. The summed E-state index contributed by atoms with van der Waals surface area (Å²) < 4.78 is 27.0. The number of nitrogens with zero attached hydrogens (tertiary/aromatic N) is 4. The van der Waals surface area contributed by atoms with Crippen LogP contribution in [0.1, 0.15) is 22.6 Å². The van der Waals surface area contributed by atoms with E-state index in [0.29, 0.717) is 4.68 Å². The van der Waals surface area contributed by atoms with Crippen LogP contribution in [0.3, 0.4) is 0 Å². The Morgan fingerprint density at radius 3 is 2.89 bits per heavy atom. The summed E-state index contributed by atoms with van der Waals surface area (Å²) in [5.41, 5.74) is 0.614. The highest BCUT2D eigenvalue weighted by atomic mass is 19.3. The fraction of sp³-hybridized carbons (Fsp3) is 0.300. The van der Waals surface area contributed by atoms with Gasteiger partial charge in [-0.25, -0.2) is 0 Å². The number of rotatable bonds is 4. The van der Waals surface area contributed by atoms with Gasteiger partial charge in [-0.2, -0.15) is 23.7 Å². The van der Waals surface area contributed by atoms with Crippen LogP contribution in [0.5, 0.6) is 0 Å². The molecule has 2 aromatic rings. The number of nitrogens with one attached hydrogen (secondary N) is 1. The number of alkyl halides is 2. The predicted molar refractivity (Wildman–Crippen MR) is 57.9 cm³/mol. The van der Waals surface area contributed by atoms with E-state index in [0.717, 1.165) is 11.8 Å². The molecule has 0 atom stereocenters. The molecule has 18 heavy (non-hydrogen) atoms. The lowest BCUT2D eigenvalue weighted by Crippen LogP contribution is -2.26. The molecule has 0 spiro atoms. The third-order valence-corrected chi connectivity index (χ3v) is 2.30. The van der Waals surface area contributed by atoms with Crippen LogP contribution in [0.25, 0.3) is 0 Å². The van der Waals surface area contributed by atoms with Crippen molar-refractivity contribution in [2.45, 2.75) is 13.1 Å². The zero-order chi connectivity index (χ0) is 13.1. The van der Waals surface area contributed by atoms with Crippen molar-refractivity contribution in [3.05, 3.63) is 35.9 Å². The van der Waals surface area contributed by atoms with Gasteiger partial charge >= 0.3 is 6.55 Å². The Balaban J connectivity index is 2.01. The first-order valence-corrected chi connectivity index (χ1v) is 5.15. The van der Waals surface area contributed by atoms with Crippen molar-refractivity contribution in [2.24, 2.45) is 7.05 Å². The zero-order valence-electron chi connectivity index (χ0n) is 9.55. The van der Waals surface area contributed by atoms with Crippen LogP contribution in [-0.2, 0) is 13.6 Å². The van der Waals surface area contributed by atoms with Gasteiger partial charge in [-0.1, -0.05) is 0 Å². The maximum Gasteiger partial charge on any atom is 0.333 e. The molecule has 0 radical (unpaired) electrons. The van der Waals surface area contributed by atoms with Gasteiger partial charge in [0.05, 0.1) is 6.20 Å². The maximum atomic E-state index is 12.5. The Hall–Kier alpha value is -2.25. The van der Waals surface area contributed by atoms with E-state index >= 15 is 0 Å². The minimum atomic E-state index is -2.83. The van der Waals surface area contributed by atoms with E-state index in [2.05, 4.69) is 15.5 Å². The minimum absolute atomic E-state index is 0.172. The summed E-state index contributed by atoms with van der Waals surface area (Å²) in [6.07, 6.45) is 4.47. The lowest BCUT2D eigenvalue weighted by Gasteiger charge is -2.06. The molecule has 1 N–H and O–H groups in total. The Labute approximate surface area is 101 Å². The smallest absolute Gasteiger partial charge is 0.333 e. The van der Waals surface area contributed by atoms with Gasteiger partial charge in [-0.15, -0.1) is 0 Å². The van der Waals surface area contributed by atoms with Crippen molar-refractivity contribution in [1.29, 1.82) is 0 Å². The molecule has 1 amide bonds. The van der Waals surface area contributed by atoms with E-state index in [4.69, 9.17) is 0 Å². The third kappa shape index (κ3) is 2.53. The van der Waals surface area contributed by atoms with Crippen LogP contribution < -0.4 is 5.32 Å². The molecule has 0 aliphatic rings. The van der Waals surface area contributed by atoms with Gasteiger partial charge in [0.25, 0.3) is 5.91 Å². The average Bonchev–Trinajstić information content (AvgIpc) is 2.94. The highest BCUT2D eigenvalue weighted by molar-refractivity contribution is 5.92. The normalized spacial score (nSPS) is 10.9. The molecule has 2 aromatic heterocycles.